The summed E-state index contributed by atoms with van der Waals surface area (Å²) >= 11 is 3.37. The Balaban J connectivity index is 1.80. The van der Waals surface area contributed by atoms with E-state index in [2.05, 4.69) is 15.9 Å². The largest absolute Gasteiger partial charge is 0.507 e. The quantitative estimate of drug-likeness (QED) is 0.179. The first-order valence-corrected chi connectivity index (χ1v) is 11.7. The number of ether oxygens (including phenoxy) is 1. The number of methoxy groups -OCH3 is 1. The Labute approximate surface area is 213 Å². The molecule has 1 aliphatic heterocycles. The number of aliphatic hydroxyl groups excluding tert-OH is 1. The summed E-state index contributed by atoms with van der Waals surface area (Å²) in [6, 6.07) is 19.4. The van der Waals surface area contributed by atoms with Crippen LogP contribution in [0.15, 0.2) is 88.9 Å². The number of hydrogen-bond donors (Lipinski definition) is 1. The van der Waals surface area contributed by atoms with E-state index in [0.29, 0.717) is 15.8 Å². The third kappa shape index (κ3) is 3.83. The Kier molecular flexibility index (Phi) is 6.05. The van der Waals surface area contributed by atoms with E-state index in [1.165, 1.54) is 13.2 Å². The van der Waals surface area contributed by atoms with Crippen molar-refractivity contribution in [3.63, 3.8) is 0 Å². The first-order valence-electron chi connectivity index (χ1n) is 10.9. The molecule has 0 radical (unpaired) electrons. The summed E-state index contributed by atoms with van der Waals surface area (Å²) in [6.45, 7) is 0. The molecule has 1 amide bonds. The minimum Gasteiger partial charge on any atom is -0.507 e. The van der Waals surface area contributed by atoms with Crippen LogP contribution in [0.3, 0.4) is 0 Å². The van der Waals surface area contributed by atoms with Gasteiger partial charge in [0.05, 0.1) is 23.2 Å². The van der Waals surface area contributed by atoms with Gasteiger partial charge < -0.3 is 9.84 Å². The first kappa shape index (κ1) is 23.7. The lowest BCUT2D eigenvalue weighted by molar-refractivity contribution is -0.132. The van der Waals surface area contributed by atoms with Crippen molar-refractivity contribution >= 4 is 49.8 Å². The average molecular weight is 550 g/mol. The molecule has 0 bridgehead atoms. The fourth-order valence-corrected chi connectivity index (χ4v) is 5.03. The predicted molar refractivity (Wildman–Crippen MR) is 136 cm³/mol. The second kappa shape index (κ2) is 9.20. The molecule has 1 N–H and O–H groups in total. The molecule has 1 heterocycles. The van der Waals surface area contributed by atoms with Gasteiger partial charge in [0.15, 0.2) is 11.6 Å². The summed E-state index contributed by atoms with van der Waals surface area (Å²) < 4.78 is 33.7. The molecule has 1 unspecified atom stereocenters. The maximum absolute atomic E-state index is 14.2. The molecule has 0 aromatic heterocycles. The number of Topliss-reactive ketones (excluding diaryl/α,β-unsaturated/α-hetero) is 1. The first-order chi connectivity index (χ1) is 17.3. The van der Waals surface area contributed by atoms with Gasteiger partial charge in [-0.1, -0.05) is 42.5 Å². The van der Waals surface area contributed by atoms with Crippen molar-refractivity contribution in [2.75, 3.05) is 12.0 Å². The zero-order valence-corrected chi connectivity index (χ0v) is 20.4. The lowest BCUT2D eigenvalue weighted by Crippen LogP contribution is -2.29. The van der Waals surface area contributed by atoms with Gasteiger partial charge in [0.1, 0.15) is 11.5 Å². The van der Waals surface area contributed by atoms with Crippen LogP contribution in [-0.4, -0.2) is 23.9 Å². The van der Waals surface area contributed by atoms with E-state index >= 15 is 0 Å². The van der Waals surface area contributed by atoms with Gasteiger partial charge in [-0.2, -0.15) is 0 Å². The minimum atomic E-state index is -1.16. The van der Waals surface area contributed by atoms with E-state index in [0.717, 1.165) is 27.8 Å². The number of carbonyl (C=O) groups is 2. The van der Waals surface area contributed by atoms with Crippen LogP contribution in [0.2, 0.25) is 0 Å². The molecule has 0 aliphatic carbocycles. The highest BCUT2D eigenvalue weighted by Crippen LogP contribution is 2.44. The Hall–Kier alpha value is -4.04. The van der Waals surface area contributed by atoms with Crippen LogP contribution >= 0.6 is 15.9 Å². The topological polar surface area (TPSA) is 66.8 Å². The molecule has 0 spiro atoms. The SMILES string of the molecule is COc1ccc(/C(O)=C2/C(=O)C(=O)N(c3ccc(F)c(F)c3)C2c2cccc3ccccc23)cc1Br. The zero-order valence-electron chi connectivity index (χ0n) is 18.8. The fourth-order valence-electron chi connectivity index (χ4n) is 4.49. The van der Waals surface area contributed by atoms with Gasteiger partial charge in [-0.3, -0.25) is 14.5 Å². The van der Waals surface area contributed by atoms with Crippen molar-refractivity contribution in [2.24, 2.45) is 0 Å². The summed E-state index contributed by atoms with van der Waals surface area (Å²) in [7, 11) is 1.49. The number of ketones is 1. The van der Waals surface area contributed by atoms with Crippen molar-refractivity contribution in [3.05, 3.63) is 112 Å². The summed E-state index contributed by atoms with van der Waals surface area (Å²) in [5.41, 5.74) is 0.643. The summed E-state index contributed by atoms with van der Waals surface area (Å²) in [6.07, 6.45) is 0. The molecule has 1 aliphatic rings. The van der Waals surface area contributed by atoms with Gasteiger partial charge in [0.2, 0.25) is 0 Å². The molecule has 1 saturated heterocycles. The zero-order chi connectivity index (χ0) is 25.6. The molecule has 1 atom stereocenters. The molecule has 5 nitrogen and oxygen atoms in total. The van der Waals surface area contributed by atoms with E-state index in [4.69, 9.17) is 4.74 Å². The smallest absolute Gasteiger partial charge is 0.300 e. The Morgan fingerprint density at radius 1 is 0.944 bits per heavy atom. The number of benzene rings is 4. The van der Waals surface area contributed by atoms with Crippen LogP contribution < -0.4 is 9.64 Å². The summed E-state index contributed by atoms with van der Waals surface area (Å²) in [5.74, 6) is -4.04. The van der Waals surface area contributed by atoms with Crippen molar-refractivity contribution in [3.8, 4) is 5.75 Å². The highest BCUT2D eigenvalue weighted by atomic mass is 79.9. The van der Waals surface area contributed by atoms with Crippen LogP contribution in [-0.2, 0) is 9.59 Å². The van der Waals surface area contributed by atoms with Gasteiger partial charge in [-0.15, -0.1) is 0 Å². The summed E-state index contributed by atoms with van der Waals surface area (Å²) in [4.78, 5) is 27.8. The highest BCUT2D eigenvalue weighted by molar-refractivity contribution is 9.10. The van der Waals surface area contributed by atoms with Crippen LogP contribution in [0.4, 0.5) is 14.5 Å². The molecular weight excluding hydrogens is 532 g/mol. The maximum Gasteiger partial charge on any atom is 0.300 e. The maximum atomic E-state index is 14.2. The highest BCUT2D eigenvalue weighted by Gasteiger charge is 2.47. The Bertz CT molecular complexity index is 1580. The monoisotopic (exact) mass is 549 g/mol. The van der Waals surface area contributed by atoms with Gasteiger partial charge in [0, 0.05) is 17.3 Å². The van der Waals surface area contributed by atoms with Crippen molar-refractivity contribution in [2.45, 2.75) is 6.04 Å². The Morgan fingerprint density at radius 3 is 2.42 bits per heavy atom. The number of anilines is 1. The number of halogens is 3. The third-order valence-corrected chi connectivity index (χ3v) is 6.79. The number of amides is 1. The number of nitrogens with zero attached hydrogens (tertiary/aromatic N) is 1. The van der Waals surface area contributed by atoms with Crippen LogP contribution in [0.1, 0.15) is 17.2 Å². The van der Waals surface area contributed by atoms with Crippen LogP contribution in [0.5, 0.6) is 5.75 Å². The third-order valence-electron chi connectivity index (χ3n) is 6.17. The molecule has 5 rings (SSSR count). The van der Waals surface area contributed by atoms with Crippen molar-refractivity contribution in [1.82, 2.24) is 0 Å². The lowest BCUT2D eigenvalue weighted by Gasteiger charge is -2.26. The molecule has 4 aromatic carbocycles. The molecule has 4 aromatic rings. The van der Waals surface area contributed by atoms with Crippen molar-refractivity contribution < 1.29 is 28.2 Å². The number of carbonyl (C=O) groups excluding carboxylic acids is 2. The molecule has 8 heteroatoms. The van der Waals surface area contributed by atoms with Gasteiger partial charge in [-0.05, 0) is 62.6 Å². The molecule has 0 saturated carbocycles. The fraction of sp³-hybridized carbons (Fsp3) is 0.0714. The van der Waals surface area contributed by atoms with Crippen LogP contribution in [0, 0.1) is 11.6 Å². The van der Waals surface area contributed by atoms with Gasteiger partial charge in [-0.25, -0.2) is 8.78 Å². The number of rotatable bonds is 4. The van der Waals surface area contributed by atoms with E-state index in [9.17, 15) is 23.5 Å². The molecular formula is C28H18BrF2NO4. The predicted octanol–water partition coefficient (Wildman–Crippen LogP) is 6.52. The lowest BCUT2D eigenvalue weighted by atomic mass is 9.91. The summed E-state index contributed by atoms with van der Waals surface area (Å²) in [5, 5.41) is 12.9. The van der Waals surface area contributed by atoms with Crippen LogP contribution in [0.25, 0.3) is 16.5 Å². The van der Waals surface area contributed by atoms with E-state index in [1.54, 1.807) is 30.3 Å². The average Bonchev–Trinajstić information content (AvgIpc) is 3.15. The van der Waals surface area contributed by atoms with E-state index in [1.807, 2.05) is 30.3 Å². The van der Waals surface area contributed by atoms with Gasteiger partial charge >= 0.3 is 0 Å². The second-order valence-corrected chi connectivity index (χ2v) is 9.04. The van der Waals surface area contributed by atoms with Gasteiger partial charge in [0.25, 0.3) is 11.7 Å². The number of fused-ring (bicyclic) bond motifs is 1. The van der Waals surface area contributed by atoms with Crippen molar-refractivity contribution in [1.29, 1.82) is 0 Å². The Morgan fingerprint density at radius 2 is 1.69 bits per heavy atom. The number of aliphatic hydroxyl groups is 1. The molecule has 180 valence electrons. The van der Waals surface area contributed by atoms with E-state index < -0.39 is 35.1 Å². The minimum absolute atomic E-state index is 0.0103. The second-order valence-electron chi connectivity index (χ2n) is 8.19. The van der Waals surface area contributed by atoms with E-state index in [-0.39, 0.29) is 16.8 Å². The molecule has 36 heavy (non-hydrogen) atoms. The number of hydrogen-bond acceptors (Lipinski definition) is 4. The normalized spacial score (nSPS) is 17.1. The standard InChI is InChI=1S/C28H18BrF2NO4/c1-36-23-12-9-16(13-20(23)29)26(33)24-25(19-8-4-6-15-5-2-3-7-18(15)19)32(28(35)27(24)34)17-10-11-21(30)22(31)14-17/h2-14,25,33H,1H3/b26-24-. The molecule has 1 fully saturated rings.